The fourth-order valence-corrected chi connectivity index (χ4v) is 5.99. The lowest BCUT2D eigenvalue weighted by atomic mass is 9.96. The highest BCUT2D eigenvalue weighted by molar-refractivity contribution is 6.28. The number of hydrogen-bond donors (Lipinski definition) is 0. The number of ether oxygens (including phenoxy) is 1. The first-order valence-electron chi connectivity index (χ1n) is 13.0. The smallest absolute Gasteiger partial charge is 0.410 e. The Kier molecular flexibility index (Phi) is 6.26. The lowest BCUT2D eigenvalue weighted by molar-refractivity contribution is 0.0123. The van der Waals surface area contributed by atoms with Gasteiger partial charge in [0.2, 0.25) is 5.28 Å². The van der Waals surface area contributed by atoms with Gasteiger partial charge in [-0.05, 0) is 56.7 Å². The van der Waals surface area contributed by atoms with Gasteiger partial charge in [-0.1, -0.05) is 30.2 Å². The highest BCUT2D eigenvalue weighted by Gasteiger charge is 2.45. The van der Waals surface area contributed by atoms with E-state index in [9.17, 15) is 9.18 Å². The van der Waals surface area contributed by atoms with Gasteiger partial charge in [-0.3, -0.25) is 9.88 Å². The molecule has 6 rings (SSSR count). The van der Waals surface area contributed by atoms with Crippen LogP contribution in [0.1, 0.15) is 39.2 Å². The van der Waals surface area contributed by atoms with Gasteiger partial charge in [-0.25, -0.2) is 18.6 Å². The predicted molar refractivity (Wildman–Crippen MR) is 150 cm³/mol. The summed E-state index contributed by atoms with van der Waals surface area (Å²) in [5.41, 5.74) is -0.228. The number of carbonyl (C=O) groups excluding carboxylic acids is 1. The number of rotatable bonds is 2. The lowest BCUT2D eigenvalue weighted by Gasteiger charge is -2.42. The number of aromatic nitrogens is 3. The third-order valence-electron chi connectivity index (χ3n) is 7.42. The summed E-state index contributed by atoms with van der Waals surface area (Å²) in [4.78, 5) is 29.8. The standard InChI is InChI=1S/C30H26ClF2N5O2/c1-5-19-22(32)12-9-16-7-6-8-20(23(16)19)25-24(33)26-21(13-34-25)27(36-28(31)35-26)37-14-17-10-11-18(15-37)38(17)29(39)40-30(2,3)4/h1,6-9,12-13,17-18H,10-11,14-15H2,2-4H3. The molecule has 2 aromatic carbocycles. The largest absolute Gasteiger partial charge is 0.444 e. The molecule has 2 bridgehead atoms. The second-order valence-corrected chi connectivity index (χ2v) is 11.5. The zero-order chi connectivity index (χ0) is 28.3. The number of anilines is 1. The topological polar surface area (TPSA) is 71.5 Å². The van der Waals surface area contributed by atoms with E-state index in [0.717, 1.165) is 12.8 Å². The van der Waals surface area contributed by atoms with Gasteiger partial charge >= 0.3 is 6.09 Å². The Morgan fingerprint density at radius 2 is 1.85 bits per heavy atom. The van der Waals surface area contributed by atoms with Crippen LogP contribution in [-0.4, -0.2) is 56.7 Å². The van der Waals surface area contributed by atoms with Crippen LogP contribution in [0, 0.1) is 24.0 Å². The Balaban J connectivity index is 1.42. The first-order chi connectivity index (χ1) is 19.1. The van der Waals surface area contributed by atoms with Crippen molar-refractivity contribution < 1.29 is 18.3 Å². The molecule has 2 unspecified atom stereocenters. The van der Waals surface area contributed by atoms with Gasteiger partial charge in [0.05, 0.1) is 23.0 Å². The second-order valence-electron chi connectivity index (χ2n) is 11.1. The van der Waals surface area contributed by atoms with Gasteiger partial charge in [-0.15, -0.1) is 6.42 Å². The Bertz CT molecular complexity index is 1720. The summed E-state index contributed by atoms with van der Waals surface area (Å²) in [6.45, 7) is 6.49. The first-order valence-corrected chi connectivity index (χ1v) is 13.4. The molecular formula is C30H26ClF2N5O2. The van der Waals surface area contributed by atoms with Crippen molar-refractivity contribution in [2.24, 2.45) is 0 Å². The number of benzene rings is 2. The Labute approximate surface area is 235 Å². The van der Waals surface area contributed by atoms with E-state index in [1.165, 1.54) is 12.3 Å². The number of amides is 1. The van der Waals surface area contributed by atoms with Crippen molar-refractivity contribution in [3.8, 4) is 23.6 Å². The molecule has 0 radical (unpaired) electrons. The van der Waals surface area contributed by atoms with Crippen LogP contribution < -0.4 is 4.90 Å². The number of carbonyl (C=O) groups is 1. The summed E-state index contributed by atoms with van der Waals surface area (Å²) in [6, 6.07) is 7.89. The maximum absolute atomic E-state index is 16.2. The Morgan fingerprint density at radius 1 is 1.12 bits per heavy atom. The molecular weight excluding hydrogens is 536 g/mol. The number of nitrogens with zero attached hydrogens (tertiary/aromatic N) is 5. The number of halogens is 3. The molecule has 0 aliphatic carbocycles. The van der Waals surface area contributed by atoms with Crippen LogP contribution in [0.15, 0.2) is 36.5 Å². The quantitative estimate of drug-likeness (QED) is 0.210. The van der Waals surface area contributed by atoms with E-state index in [-0.39, 0.29) is 40.2 Å². The molecule has 0 N–H and O–H groups in total. The minimum atomic E-state index is -0.710. The molecule has 2 atom stereocenters. The molecule has 2 aliphatic heterocycles. The van der Waals surface area contributed by atoms with Crippen LogP contribution in [0.5, 0.6) is 0 Å². The average molecular weight is 562 g/mol. The van der Waals surface area contributed by atoms with E-state index in [1.54, 1.807) is 24.3 Å². The molecule has 1 amide bonds. The Morgan fingerprint density at radius 3 is 2.52 bits per heavy atom. The zero-order valence-electron chi connectivity index (χ0n) is 22.2. The molecule has 7 nitrogen and oxygen atoms in total. The van der Waals surface area contributed by atoms with E-state index in [1.807, 2.05) is 30.6 Å². The highest BCUT2D eigenvalue weighted by atomic mass is 35.5. The molecule has 2 fully saturated rings. The summed E-state index contributed by atoms with van der Waals surface area (Å²) >= 11 is 6.32. The van der Waals surface area contributed by atoms with Crippen molar-refractivity contribution in [1.29, 1.82) is 0 Å². The normalized spacial score (nSPS) is 18.8. The van der Waals surface area contributed by atoms with Crippen molar-refractivity contribution >= 4 is 45.2 Å². The minimum Gasteiger partial charge on any atom is -0.444 e. The van der Waals surface area contributed by atoms with Crippen molar-refractivity contribution in [3.63, 3.8) is 0 Å². The van der Waals surface area contributed by atoms with Gasteiger partial charge in [-0.2, -0.15) is 4.98 Å². The van der Waals surface area contributed by atoms with E-state index in [2.05, 4.69) is 20.9 Å². The van der Waals surface area contributed by atoms with Crippen LogP contribution >= 0.6 is 11.6 Å². The number of terminal acetylenes is 1. The molecule has 4 aromatic rings. The first kappa shape index (κ1) is 26.2. The Hall–Kier alpha value is -4.03. The van der Waals surface area contributed by atoms with Crippen molar-refractivity contribution in [3.05, 3.63) is 59.0 Å². The molecule has 4 heterocycles. The predicted octanol–water partition coefficient (Wildman–Crippen LogP) is 6.35. The van der Waals surface area contributed by atoms with E-state index in [4.69, 9.17) is 22.8 Å². The average Bonchev–Trinajstić information content (AvgIpc) is 3.17. The monoisotopic (exact) mass is 561 g/mol. The van der Waals surface area contributed by atoms with Crippen molar-refractivity contribution in [2.45, 2.75) is 51.3 Å². The zero-order valence-corrected chi connectivity index (χ0v) is 23.0. The van der Waals surface area contributed by atoms with Gasteiger partial charge < -0.3 is 9.64 Å². The molecule has 40 heavy (non-hydrogen) atoms. The van der Waals surface area contributed by atoms with Crippen molar-refractivity contribution in [1.82, 2.24) is 19.9 Å². The van der Waals surface area contributed by atoms with Crippen LogP contribution in [0.4, 0.5) is 19.4 Å². The molecule has 0 saturated carbocycles. The van der Waals surface area contributed by atoms with Gasteiger partial charge in [0.1, 0.15) is 28.4 Å². The van der Waals surface area contributed by atoms with E-state index < -0.39 is 17.2 Å². The van der Waals surface area contributed by atoms with E-state index in [0.29, 0.717) is 40.6 Å². The summed E-state index contributed by atoms with van der Waals surface area (Å²) in [5, 5.41) is 1.33. The van der Waals surface area contributed by atoms with Crippen LogP contribution in [0.3, 0.4) is 0 Å². The fourth-order valence-electron chi connectivity index (χ4n) is 5.82. The van der Waals surface area contributed by atoms with Crippen molar-refractivity contribution in [2.75, 3.05) is 18.0 Å². The maximum atomic E-state index is 16.2. The fraction of sp³-hybridized carbons (Fsp3) is 0.333. The van der Waals surface area contributed by atoms with E-state index >= 15 is 4.39 Å². The molecule has 2 aliphatic rings. The summed E-state index contributed by atoms with van der Waals surface area (Å²) in [6.07, 6.45) is 8.44. The number of hydrogen-bond acceptors (Lipinski definition) is 6. The van der Waals surface area contributed by atoms with Crippen LogP contribution in [0.2, 0.25) is 5.28 Å². The lowest BCUT2D eigenvalue weighted by Crippen LogP contribution is -2.57. The third-order valence-corrected chi connectivity index (χ3v) is 7.59. The second kappa shape index (κ2) is 9.56. The molecule has 0 spiro atoms. The van der Waals surface area contributed by atoms with Gasteiger partial charge in [0, 0.05) is 30.2 Å². The highest BCUT2D eigenvalue weighted by Crippen LogP contribution is 2.39. The van der Waals surface area contributed by atoms with Gasteiger partial charge in [0.15, 0.2) is 5.82 Å². The summed E-state index contributed by atoms with van der Waals surface area (Å²) in [5.74, 6) is 1.55. The molecule has 2 aromatic heterocycles. The summed E-state index contributed by atoms with van der Waals surface area (Å²) < 4.78 is 36.4. The van der Waals surface area contributed by atoms with Gasteiger partial charge in [0.25, 0.3) is 0 Å². The number of fused-ring (bicyclic) bond motifs is 4. The SMILES string of the molecule is C#Cc1c(F)ccc2cccc(-c3ncc4c(N5CC6CCC(C5)N6C(=O)OC(C)(C)C)nc(Cl)nc4c3F)c12. The van der Waals surface area contributed by atoms with Crippen LogP contribution in [0.25, 0.3) is 32.9 Å². The number of piperazine rings is 1. The summed E-state index contributed by atoms with van der Waals surface area (Å²) in [7, 11) is 0. The third kappa shape index (κ3) is 4.37. The minimum absolute atomic E-state index is 0.00224. The van der Waals surface area contributed by atoms with Crippen LogP contribution in [-0.2, 0) is 4.74 Å². The molecule has 204 valence electrons. The molecule has 2 saturated heterocycles. The molecule has 10 heteroatoms. The number of pyridine rings is 1. The maximum Gasteiger partial charge on any atom is 0.410 e.